The maximum Gasteiger partial charge on any atom is 0.265 e. The lowest BCUT2D eigenvalue weighted by Gasteiger charge is -2.33. The van der Waals surface area contributed by atoms with Gasteiger partial charge in [0.25, 0.3) is 5.91 Å². The molecule has 0 radical (unpaired) electrons. The van der Waals surface area contributed by atoms with Gasteiger partial charge in [0, 0.05) is 37.9 Å². The van der Waals surface area contributed by atoms with Crippen molar-refractivity contribution in [2.75, 3.05) is 13.1 Å². The summed E-state index contributed by atoms with van der Waals surface area (Å²) < 4.78 is 1.74. The van der Waals surface area contributed by atoms with Crippen LogP contribution in [0.5, 0.6) is 0 Å². The lowest BCUT2D eigenvalue weighted by Crippen LogP contribution is -2.42. The summed E-state index contributed by atoms with van der Waals surface area (Å²) in [7, 11) is 1.87. The summed E-state index contributed by atoms with van der Waals surface area (Å²) in [5.41, 5.74) is 7.73. The number of aromatic nitrogens is 3. The van der Waals surface area contributed by atoms with Gasteiger partial charge in [0.05, 0.1) is 11.9 Å². The van der Waals surface area contributed by atoms with Gasteiger partial charge in [0.15, 0.2) is 0 Å². The highest BCUT2D eigenvalue weighted by atomic mass is 32.1. The van der Waals surface area contributed by atoms with Crippen molar-refractivity contribution in [1.29, 1.82) is 0 Å². The maximum atomic E-state index is 12.8. The number of carbonyl (C=O) groups is 1. The second-order valence-electron chi connectivity index (χ2n) is 6.32. The molecule has 1 saturated heterocycles. The van der Waals surface area contributed by atoms with Crippen LogP contribution in [0.3, 0.4) is 0 Å². The van der Waals surface area contributed by atoms with Crippen LogP contribution >= 0.6 is 11.3 Å². The molecule has 6 nitrogen and oxygen atoms in total. The fraction of sp³-hybridized carbons (Fsp3) is 0.562. The normalized spacial score (nSPS) is 17.5. The molecule has 7 heteroatoms. The summed E-state index contributed by atoms with van der Waals surface area (Å²) in [6, 6.07) is 0.203. The molecule has 124 valence electrons. The van der Waals surface area contributed by atoms with E-state index in [0.29, 0.717) is 5.92 Å². The number of nitrogens with zero attached hydrogens (tertiary/aromatic N) is 4. The number of piperidine rings is 1. The lowest BCUT2D eigenvalue weighted by atomic mass is 9.91. The molecule has 0 aromatic carbocycles. The highest BCUT2D eigenvalue weighted by Crippen LogP contribution is 2.29. The first-order valence-electron chi connectivity index (χ1n) is 7.97. The Kier molecular flexibility index (Phi) is 4.50. The standard InChI is InChI=1S/C16H23N5OS/c1-10(17)12-4-6-21(7-5-12)16(22)14-11(2)19-15(23-14)13-8-18-20(3)9-13/h8-10,12H,4-7,17H2,1-3H3. The van der Waals surface area contributed by atoms with Crippen LogP contribution in [0.2, 0.25) is 0 Å². The van der Waals surface area contributed by atoms with Gasteiger partial charge in [0.1, 0.15) is 9.88 Å². The zero-order valence-corrected chi connectivity index (χ0v) is 14.6. The number of hydrogen-bond donors (Lipinski definition) is 1. The average Bonchev–Trinajstić information content (AvgIpc) is 3.12. The van der Waals surface area contributed by atoms with Gasteiger partial charge in [-0.25, -0.2) is 4.98 Å². The first-order valence-corrected chi connectivity index (χ1v) is 8.78. The zero-order chi connectivity index (χ0) is 16.6. The highest BCUT2D eigenvalue weighted by molar-refractivity contribution is 7.17. The van der Waals surface area contributed by atoms with Crippen LogP contribution in [0.15, 0.2) is 12.4 Å². The van der Waals surface area contributed by atoms with E-state index < -0.39 is 0 Å². The topological polar surface area (TPSA) is 77.0 Å². The van der Waals surface area contributed by atoms with Crippen LogP contribution in [-0.2, 0) is 7.05 Å². The first kappa shape index (κ1) is 16.1. The van der Waals surface area contributed by atoms with Gasteiger partial charge < -0.3 is 10.6 Å². The predicted octanol–water partition coefficient (Wildman–Crippen LogP) is 2.05. The van der Waals surface area contributed by atoms with Crippen molar-refractivity contribution in [2.45, 2.75) is 32.7 Å². The molecule has 1 fully saturated rings. The zero-order valence-electron chi connectivity index (χ0n) is 13.8. The summed E-state index contributed by atoms with van der Waals surface area (Å²) >= 11 is 1.45. The third-order valence-electron chi connectivity index (χ3n) is 4.51. The van der Waals surface area contributed by atoms with E-state index in [-0.39, 0.29) is 11.9 Å². The summed E-state index contributed by atoms with van der Waals surface area (Å²) in [6.07, 6.45) is 5.66. The molecule has 0 aliphatic carbocycles. The third kappa shape index (κ3) is 3.30. The van der Waals surface area contributed by atoms with E-state index in [1.54, 1.807) is 10.9 Å². The number of hydrogen-bond acceptors (Lipinski definition) is 5. The molecule has 0 bridgehead atoms. The molecule has 1 aliphatic heterocycles. The van der Waals surface area contributed by atoms with Crippen LogP contribution in [0.25, 0.3) is 10.6 Å². The van der Waals surface area contributed by atoms with Gasteiger partial charge in [-0.15, -0.1) is 11.3 Å². The smallest absolute Gasteiger partial charge is 0.265 e. The maximum absolute atomic E-state index is 12.8. The van der Waals surface area contributed by atoms with Crippen molar-refractivity contribution in [3.63, 3.8) is 0 Å². The Morgan fingerprint density at radius 1 is 1.43 bits per heavy atom. The SMILES string of the molecule is Cc1nc(-c2cnn(C)c2)sc1C(=O)N1CCC(C(C)N)CC1. The number of thiazole rings is 1. The summed E-state index contributed by atoms with van der Waals surface area (Å²) in [5.74, 6) is 0.617. The Bertz CT molecular complexity index is 697. The molecule has 0 saturated carbocycles. The fourth-order valence-electron chi connectivity index (χ4n) is 3.02. The Labute approximate surface area is 140 Å². The minimum atomic E-state index is 0.0956. The minimum Gasteiger partial charge on any atom is -0.338 e. The second kappa shape index (κ2) is 6.41. The number of amides is 1. The van der Waals surface area contributed by atoms with Crippen LogP contribution in [-0.4, -0.2) is 44.7 Å². The van der Waals surface area contributed by atoms with Gasteiger partial charge in [-0.05, 0) is 32.6 Å². The summed E-state index contributed by atoms with van der Waals surface area (Å²) in [5, 5.41) is 5.02. The number of likely N-dealkylation sites (tertiary alicyclic amines) is 1. The van der Waals surface area contributed by atoms with E-state index in [1.807, 2.05) is 25.1 Å². The van der Waals surface area contributed by atoms with E-state index in [4.69, 9.17) is 5.73 Å². The van der Waals surface area contributed by atoms with Crippen molar-refractivity contribution < 1.29 is 4.79 Å². The van der Waals surface area contributed by atoms with Gasteiger partial charge in [0.2, 0.25) is 0 Å². The molecule has 3 heterocycles. The van der Waals surface area contributed by atoms with Crippen molar-refractivity contribution >= 4 is 17.2 Å². The molecular weight excluding hydrogens is 310 g/mol. The van der Waals surface area contributed by atoms with E-state index in [9.17, 15) is 4.79 Å². The molecule has 1 atom stereocenters. The van der Waals surface area contributed by atoms with Crippen molar-refractivity contribution in [1.82, 2.24) is 19.7 Å². The molecule has 1 amide bonds. The average molecular weight is 333 g/mol. The van der Waals surface area contributed by atoms with Crippen LogP contribution in [0.1, 0.15) is 35.1 Å². The number of nitrogens with two attached hydrogens (primary N) is 1. The molecule has 3 rings (SSSR count). The first-order chi connectivity index (χ1) is 11.0. The number of aryl methyl sites for hydroxylation is 2. The molecular formula is C16H23N5OS. The minimum absolute atomic E-state index is 0.0956. The van der Waals surface area contributed by atoms with Crippen molar-refractivity contribution in [3.8, 4) is 10.6 Å². The molecule has 2 aromatic heterocycles. The van der Waals surface area contributed by atoms with E-state index >= 15 is 0 Å². The molecule has 1 unspecified atom stereocenters. The predicted molar refractivity (Wildman–Crippen MR) is 91.3 cm³/mol. The Morgan fingerprint density at radius 3 is 2.70 bits per heavy atom. The van der Waals surface area contributed by atoms with Crippen molar-refractivity contribution in [2.24, 2.45) is 18.7 Å². The van der Waals surface area contributed by atoms with Gasteiger partial charge >= 0.3 is 0 Å². The monoisotopic (exact) mass is 333 g/mol. The molecule has 2 aromatic rings. The Balaban J connectivity index is 1.74. The number of rotatable bonds is 3. The van der Waals surface area contributed by atoms with Gasteiger partial charge in [-0.3, -0.25) is 9.48 Å². The third-order valence-corrected chi connectivity index (χ3v) is 5.71. The van der Waals surface area contributed by atoms with Crippen LogP contribution in [0.4, 0.5) is 0 Å². The molecule has 23 heavy (non-hydrogen) atoms. The summed E-state index contributed by atoms with van der Waals surface area (Å²) in [4.78, 5) is 20.0. The fourth-order valence-corrected chi connectivity index (χ4v) is 4.03. The quantitative estimate of drug-likeness (QED) is 0.932. The molecule has 2 N–H and O–H groups in total. The molecule has 1 aliphatic rings. The van der Waals surface area contributed by atoms with E-state index in [0.717, 1.165) is 47.1 Å². The molecule has 0 spiro atoms. The van der Waals surface area contributed by atoms with Gasteiger partial charge in [-0.2, -0.15) is 5.10 Å². The summed E-state index contributed by atoms with van der Waals surface area (Å²) in [6.45, 7) is 5.52. The van der Waals surface area contributed by atoms with E-state index in [2.05, 4.69) is 17.0 Å². The second-order valence-corrected chi connectivity index (χ2v) is 7.32. The van der Waals surface area contributed by atoms with Gasteiger partial charge in [-0.1, -0.05) is 0 Å². The van der Waals surface area contributed by atoms with Crippen molar-refractivity contribution in [3.05, 3.63) is 23.0 Å². The Morgan fingerprint density at radius 2 is 2.13 bits per heavy atom. The van der Waals surface area contributed by atoms with E-state index in [1.165, 1.54) is 11.3 Å². The largest absolute Gasteiger partial charge is 0.338 e. The highest BCUT2D eigenvalue weighted by Gasteiger charge is 2.27. The number of carbonyl (C=O) groups excluding carboxylic acids is 1. The Hall–Kier alpha value is -1.73. The van der Waals surface area contributed by atoms with Crippen LogP contribution < -0.4 is 5.73 Å². The lowest BCUT2D eigenvalue weighted by molar-refractivity contribution is 0.0685. The van der Waals surface area contributed by atoms with Crippen LogP contribution in [0, 0.1) is 12.8 Å².